The smallest absolute Gasteiger partial charge is 0.195 e. The normalized spacial score (nSPS) is 19.3. The summed E-state index contributed by atoms with van der Waals surface area (Å²) in [6, 6.07) is 7.00. The van der Waals surface area contributed by atoms with Gasteiger partial charge in [-0.15, -0.1) is 0 Å². The first-order valence-corrected chi connectivity index (χ1v) is 7.49. The molecule has 2 aliphatic carbocycles. The fraction of sp³-hybridized carbons (Fsp3) is 0.562. The van der Waals surface area contributed by atoms with E-state index in [1.165, 1.54) is 31.4 Å². The Balaban J connectivity index is 1.59. The van der Waals surface area contributed by atoms with Crippen molar-refractivity contribution in [1.29, 1.82) is 0 Å². The molecule has 19 heavy (non-hydrogen) atoms. The molecule has 4 rings (SSSR count). The molecular formula is C16H20N2O. The number of fused-ring (bicyclic) bond motifs is 1. The molecular weight excluding hydrogens is 236 g/mol. The van der Waals surface area contributed by atoms with Gasteiger partial charge in [-0.1, -0.05) is 6.92 Å². The van der Waals surface area contributed by atoms with Crippen LogP contribution in [0.5, 0.6) is 0 Å². The van der Waals surface area contributed by atoms with Gasteiger partial charge in [0.15, 0.2) is 11.5 Å². The molecule has 1 N–H and O–H groups in total. The van der Waals surface area contributed by atoms with Crippen molar-refractivity contribution >= 4 is 16.8 Å². The van der Waals surface area contributed by atoms with Gasteiger partial charge in [0.05, 0.1) is 0 Å². The minimum absolute atomic E-state index is 0.690. The quantitative estimate of drug-likeness (QED) is 0.879. The average molecular weight is 256 g/mol. The number of aromatic nitrogens is 1. The number of oxazole rings is 1. The molecule has 2 aromatic rings. The summed E-state index contributed by atoms with van der Waals surface area (Å²) in [5, 5.41) is 3.74. The van der Waals surface area contributed by atoms with Crippen LogP contribution in [0.1, 0.15) is 38.5 Å². The average Bonchev–Trinajstić information content (AvgIpc) is 3.32. The van der Waals surface area contributed by atoms with E-state index in [-0.39, 0.29) is 0 Å². The third-order valence-electron chi connectivity index (χ3n) is 4.33. The molecule has 1 aromatic carbocycles. The third kappa shape index (κ3) is 2.22. The molecule has 2 fully saturated rings. The number of rotatable bonds is 5. The third-order valence-corrected chi connectivity index (χ3v) is 4.33. The van der Waals surface area contributed by atoms with Crippen molar-refractivity contribution < 1.29 is 4.42 Å². The van der Waals surface area contributed by atoms with Gasteiger partial charge in [0.1, 0.15) is 5.52 Å². The maximum absolute atomic E-state index is 5.66. The molecule has 2 saturated carbocycles. The van der Waals surface area contributed by atoms with Gasteiger partial charge in [0.2, 0.25) is 0 Å². The lowest BCUT2D eigenvalue weighted by Gasteiger charge is -2.18. The maximum atomic E-state index is 5.66. The van der Waals surface area contributed by atoms with Gasteiger partial charge in [-0.25, -0.2) is 4.98 Å². The van der Waals surface area contributed by atoms with Crippen molar-refractivity contribution in [2.45, 2.75) is 45.1 Å². The van der Waals surface area contributed by atoms with Gasteiger partial charge < -0.3 is 9.73 Å². The molecule has 0 radical (unpaired) electrons. The van der Waals surface area contributed by atoms with Gasteiger partial charge in [0, 0.05) is 18.2 Å². The molecule has 2 aliphatic rings. The number of aryl methyl sites for hydroxylation is 1. The zero-order chi connectivity index (χ0) is 12.8. The molecule has 3 nitrogen and oxygen atoms in total. The van der Waals surface area contributed by atoms with Crippen molar-refractivity contribution in [1.82, 2.24) is 4.98 Å². The zero-order valence-corrected chi connectivity index (χ0v) is 11.4. The summed E-state index contributed by atoms with van der Waals surface area (Å²) in [4.78, 5) is 4.51. The summed E-state index contributed by atoms with van der Waals surface area (Å²) in [7, 11) is 0. The van der Waals surface area contributed by atoms with Crippen LogP contribution in [-0.4, -0.2) is 11.0 Å². The number of hydrogen-bond acceptors (Lipinski definition) is 3. The molecule has 3 heteroatoms. The molecule has 0 aliphatic heterocycles. The van der Waals surface area contributed by atoms with Gasteiger partial charge in [-0.05, 0) is 55.7 Å². The van der Waals surface area contributed by atoms with Crippen LogP contribution < -0.4 is 5.32 Å². The second kappa shape index (κ2) is 4.26. The monoisotopic (exact) mass is 256 g/mol. The molecule has 0 spiro atoms. The Labute approximate surface area is 113 Å². The van der Waals surface area contributed by atoms with Gasteiger partial charge in [-0.2, -0.15) is 0 Å². The highest BCUT2D eigenvalue weighted by molar-refractivity contribution is 5.77. The van der Waals surface area contributed by atoms with Gasteiger partial charge in [-0.3, -0.25) is 0 Å². The molecule has 0 saturated heterocycles. The number of anilines is 1. The topological polar surface area (TPSA) is 38.1 Å². The van der Waals surface area contributed by atoms with E-state index in [0.29, 0.717) is 6.04 Å². The van der Waals surface area contributed by atoms with Crippen LogP contribution in [-0.2, 0) is 6.42 Å². The first kappa shape index (κ1) is 11.3. The van der Waals surface area contributed by atoms with Crippen molar-refractivity contribution in [2.24, 2.45) is 11.8 Å². The summed E-state index contributed by atoms with van der Waals surface area (Å²) in [6.07, 6.45) is 6.46. The number of benzene rings is 1. The first-order valence-electron chi connectivity index (χ1n) is 7.49. The summed E-state index contributed by atoms with van der Waals surface area (Å²) in [5.74, 6) is 2.64. The minimum Gasteiger partial charge on any atom is -0.441 e. The van der Waals surface area contributed by atoms with Crippen LogP contribution >= 0.6 is 0 Å². The van der Waals surface area contributed by atoms with Crippen molar-refractivity contribution in [3.63, 3.8) is 0 Å². The Kier molecular flexibility index (Phi) is 2.54. The second-order valence-electron chi connectivity index (χ2n) is 5.99. The standard InChI is InChI=1S/C16H20N2O/c1-2-15-18-13-9-12(7-8-14(13)19-15)17-16(10-3-4-10)11-5-6-11/h7-11,16-17H,2-6H2,1H3. The van der Waals surface area contributed by atoms with Crippen molar-refractivity contribution in [3.8, 4) is 0 Å². The lowest BCUT2D eigenvalue weighted by atomic mass is 10.1. The molecule has 0 bridgehead atoms. The van der Waals surface area contributed by atoms with Crippen LogP contribution in [0.4, 0.5) is 5.69 Å². The van der Waals surface area contributed by atoms with Crippen LogP contribution in [0.2, 0.25) is 0 Å². The SMILES string of the molecule is CCc1nc2cc(NC(C3CC3)C3CC3)ccc2o1. The first-order chi connectivity index (χ1) is 9.33. The minimum atomic E-state index is 0.690. The molecule has 0 amide bonds. The van der Waals surface area contributed by atoms with Gasteiger partial charge >= 0.3 is 0 Å². The maximum Gasteiger partial charge on any atom is 0.195 e. The van der Waals surface area contributed by atoms with E-state index >= 15 is 0 Å². The van der Waals surface area contributed by atoms with Crippen LogP contribution in [0, 0.1) is 11.8 Å². The Morgan fingerprint density at radius 2 is 2.00 bits per heavy atom. The highest BCUT2D eigenvalue weighted by Gasteiger charge is 2.41. The van der Waals surface area contributed by atoms with Crippen LogP contribution in [0.25, 0.3) is 11.1 Å². The van der Waals surface area contributed by atoms with Gasteiger partial charge in [0.25, 0.3) is 0 Å². The molecule has 1 aromatic heterocycles. The second-order valence-corrected chi connectivity index (χ2v) is 5.99. The van der Waals surface area contributed by atoms with E-state index < -0.39 is 0 Å². The Bertz CT molecular complexity index is 584. The van der Waals surface area contributed by atoms with E-state index in [0.717, 1.165) is 35.2 Å². The summed E-state index contributed by atoms with van der Waals surface area (Å²) in [6.45, 7) is 2.07. The number of hydrogen-bond donors (Lipinski definition) is 1. The van der Waals surface area contributed by atoms with E-state index in [9.17, 15) is 0 Å². The zero-order valence-electron chi connectivity index (χ0n) is 11.4. The van der Waals surface area contributed by atoms with Crippen LogP contribution in [0.15, 0.2) is 22.6 Å². The Hall–Kier alpha value is -1.51. The lowest BCUT2D eigenvalue weighted by Crippen LogP contribution is -2.24. The predicted octanol–water partition coefficient (Wildman–Crippen LogP) is 3.99. The van der Waals surface area contributed by atoms with E-state index in [1.807, 2.05) is 6.07 Å². The van der Waals surface area contributed by atoms with E-state index in [1.54, 1.807) is 0 Å². The largest absolute Gasteiger partial charge is 0.441 e. The molecule has 0 atom stereocenters. The Morgan fingerprint density at radius 1 is 1.26 bits per heavy atom. The highest BCUT2D eigenvalue weighted by Crippen LogP contribution is 2.45. The summed E-state index contributed by atoms with van der Waals surface area (Å²) >= 11 is 0. The predicted molar refractivity (Wildman–Crippen MR) is 76.2 cm³/mol. The van der Waals surface area contributed by atoms with E-state index in [2.05, 4.69) is 29.4 Å². The lowest BCUT2D eigenvalue weighted by molar-refractivity contribution is 0.538. The fourth-order valence-corrected chi connectivity index (χ4v) is 2.94. The molecule has 1 heterocycles. The molecule has 100 valence electrons. The van der Waals surface area contributed by atoms with E-state index in [4.69, 9.17) is 4.42 Å². The summed E-state index contributed by atoms with van der Waals surface area (Å²) in [5.41, 5.74) is 3.08. The highest BCUT2D eigenvalue weighted by atomic mass is 16.3. The van der Waals surface area contributed by atoms with Crippen LogP contribution in [0.3, 0.4) is 0 Å². The van der Waals surface area contributed by atoms with Crippen molar-refractivity contribution in [3.05, 3.63) is 24.1 Å². The number of nitrogens with one attached hydrogen (secondary N) is 1. The summed E-state index contributed by atoms with van der Waals surface area (Å²) < 4.78 is 5.66. The number of nitrogens with zero attached hydrogens (tertiary/aromatic N) is 1. The molecule has 0 unspecified atom stereocenters. The Morgan fingerprint density at radius 3 is 2.63 bits per heavy atom. The fourth-order valence-electron chi connectivity index (χ4n) is 2.94. The van der Waals surface area contributed by atoms with Crippen molar-refractivity contribution in [2.75, 3.05) is 5.32 Å².